The summed E-state index contributed by atoms with van der Waals surface area (Å²) in [6.45, 7) is 7.22. The zero-order valence-corrected chi connectivity index (χ0v) is 15.6. The summed E-state index contributed by atoms with van der Waals surface area (Å²) in [7, 11) is 0. The lowest BCUT2D eigenvalue weighted by molar-refractivity contribution is -0.116. The lowest BCUT2D eigenvalue weighted by Gasteiger charge is -2.44. The van der Waals surface area contributed by atoms with E-state index < -0.39 is 0 Å². The van der Waals surface area contributed by atoms with Crippen LogP contribution in [0.15, 0.2) is 18.2 Å². The molecule has 2 heterocycles. The summed E-state index contributed by atoms with van der Waals surface area (Å²) in [6.07, 6.45) is 8.32. The van der Waals surface area contributed by atoms with Crippen molar-refractivity contribution in [2.24, 2.45) is 11.8 Å². The second-order valence-electron chi connectivity index (χ2n) is 9.18. The standard InChI is InChI=1S/C22H30N2O/c1-15-3-6-20-19(11-15)22(14-24(20)16(2)25)7-9-23(10-8-22)21-13-17-4-5-18(21)12-17/h3,6,11,17-18,21H,4-5,7-10,12-14H2,1-2H3. The van der Waals surface area contributed by atoms with Crippen LogP contribution in [-0.2, 0) is 10.2 Å². The third kappa shape index (κ3) is 2.38. The summed E-state index contributed by atoms with van der Waals surface area (Å²) in [5.74, 6) is 2.19. The lowest BCUT2D eigenvalue weighted by Crippen LogP contribution is -2.50. The topological polar surface area (TPSA) is 23.6 Å². The van der Waals surface area contributed by atoms with Gasteiger partial charge in [-0.1, -0.05) is 24.1 Å². The summed E-state index contributed by atoms with van der Waals surface area (Å²) in [5.41, 5.74) is 4.13. The minimum Gasteiger partial charge on any atom is -0.311 e. The Bertz CT molecular complexity index is 704. The van der Waals surface area contributed by atoms with Crippen molar-refractivity contribution in [2.45, 2.75) is 63.8 Å². The van der Waals surface area contributed by atoms with Gasteiger partial charge in [0, 0.05) is 30.6 Å². The average Bonchev–Trinajstić information content (AvgIpc) is 3.30. The Morgan fingerprint density at radius 3 is 2.60 bits per heavy atom. The molecule has 2 bridgehead atoms. The van der Waals surface area contributed by atoms with E-state index in [1.807, 2.05) is 4.90 Å². The Hall–Kier alpha value is -1.35. The van der Waals surface area contributed by atoms with Gasteiger partial charge in [-0.15, -0.1) is 0 Å². The molecule has 2 aliphatic carbocycles. The number of rotatable bonds is 1. The minimum absolute atomic E-state index is 0.192. The highest BCUT2D eigenvalue weighted by molar-refractivity contribution is 5.94. The quantitative estimate of drug-likeness (QED) is 0.776. The maximum absolute atomic E-state index is 12.2. The molecule has 134 valence electrons. The van der Waals surface area contributed by atoms with E-state index in [0.717, 1.165) is 24.4 Å². The van der Waals surface area contributed by atoms with Crippen molar-refractivity contribution in [3.63, 3.8) is 0 Å². The number of aryl methyl sites for hydroxylation is 1. The predicted octanol–water partition coefficient (Wildman–Crippen LogP) is 3.88. The molecule has 5 rings (SSSR count). The number of carbonyl (C=O) groups excluding carboxylic acids is 1. The minimum atomic E-state index is 0.192. The first-order valence-corrected chi connectivity index (χ1v) is 10.2. The molecular formula is C22H30N2O. The van der Waals surface area contributed by atoms with E-state index in [4.69, 9.17) is 0 Å². The highest BCUT2D eigenvalue weighted by atomic mass is 16.2. The number of carbonyl (C=O) groups is 1. The lowest BCUT2D eigenvalue weighted by atomic mass is 9.73. The van der Waals surface area contributed by atoms with Crippen molar-refractivity contribution in [2.75, 3.05) is 24.5 Å². The average molecular weight is 338 g/mol. The fourth-order valence-electron chi connectivity index (χ4n) is 6.43. The Balaban J connectivity index is 1.39. The van der Waals surface area contributed by atoms with E-state index >= 15 is 0 Å². The Morgan fingerprint density at radius 1 is 1.16 bits per heavy atom. The summed E-state index contributed by atoms with van der Waals surface area (Å²) in [6, 6.07) is 7.53. The number of hydrogen-bond acceptors (Lipinski definition) is 2. The molecule has 1 amide bonds. The van der Waals surface area contributed by atoms with E-state index in [1.165, 1.54) is 68.4 Å². The van der Waals surface area contributed by atoms with Crippen LogP contribution in [0.25, 0.3) is 0 Å². The monoisotopic (exact) mass is 338 g/mol. The fourth-order valence-corrected chi connectivity index (χ4v) is 6.43. The van der Waals surface area contributed by atoms with E-state index in [1.54, 1.807) is 6.92 Å². The van der Waals surface area contributed by atoms with E-state index in [9.17, 15) is 4.79 Å². The van der Waals surface area contributed by atoms with Crippen molar-refractivity contribution >= 4 is 11.6 Å². The molecule has 25 heavy (non-hydrogen) atoms. The van der Waals surface area contributed by atoms with Gasteiger partial charge in [0.1, 0.15) is 0 Å². The third-order valence-corrected chi connectivity index (χ3v) is 7.78. The first-order chi connectivity index (χ1) is 12.1. The number of nitrogens with zero attached hydrogens (tertiary/aromatic N) is 2. The van der Waals surface area contributed by atoms with Gasteiger partial charge in [-0.25, -0.2) is 0 Å². The highest BCUT2D eigenvalue weighted by Gasteiger charge is 2.49. The number of amides is 1. The van der Waals surface area contributed by atoms with Crippen molar-refractivity contribution in [3.05, 3.63) is 29.3 Å². The maximum Gasteiger partial charge on any atom is 0.223 e. The van der Waals surface area contributed by atoms with Crippen LogP contribution in [0.4, 0.5) is 5.69 Å². The molecule has 1 saturated heterocycles. The van der Waals surface area contributed by atoms with Gasteiger partial charge in [-0.3, -0.25) is 4.79 Å². The highest BCUT2D eigenvalue weighted by Crippen LogP contribution is 2.51. The zero-order chi connectivity index (χ0) is 17.2. The summed E-state index contributed by atoms with van der Waals surface area (Å²) < 4.78 is 0. The van der Waals surface area contributed by atoms with E-state index in [-0.39, 0.29) is 11.3 Å². The van der Waals surface area contributed by atoms with Crippen molar-refractivity contribution in [3.8, 4) is 0 Å². The van der Waals surface area contributed by atoms with Gasteiger partial charge in [-0.05, 0) is 75.6 Å². The van der Waals surface area contributed by atoms with Crippen LogP contribution in [0.1, 0.15) is 56.6 Å². The maximum atomic E-state index is 12.2. The zero-order valence-electron chi connectivity index (χ0n) is 15.6. The number of hydrogen-bond donors (Lipinski definition) is 0. The molecule has 1 aromatic carbocycles. The SMILES string of the molecule is CC(=O)N1CC2(CCN(C3CC4CCC3C4)CC2)c2cc(C)ccc21. The normalized spacial score (nSPS) is 33.2. The van der Waals surface area contributed by atoms with Gasteiger partial charge in [0.25, 0.3) is 0 Å². The molecule has 0 N–H and O–H groups in total. The number of likely N-dealkylation sites (tertiary alicyclic amines) is 1. The van der Waals surface area contributed by atoms with Crippen LogP contribution in [0, 0.1) is 18.8 Å². The number of piperidine rings is 1. The van der Waals surface area contributed by atoms with Gasteiger partial charge >= 0.3 is 0 Å². The van der Waals surface area contributed by atoms with Gasteiger partial charge in [0.2, 0.25) is 5.91 Å². The summed E-state index contributed by atoms with van der Waals surface area (Å²) in [5, 5.41) is 0. The van der Waals surface area contributed by atoms with Gasteiger partial charge in [0.05, 0.1) is 0 Å². The molecule has 2 aliphatic heterocycles. The summed E-state index contributed by atoms with van der Waals surface area (Å²) in [4.78, 5) is 17.0. The Labute approximate surface area is 151 Å². The van der Waals surface area contributed by atoms with Crippen molar-refractivity contribution in [1.82, 2.24) is 4.90 Å². The second kappa shape index (κ2) is 5.57. The van der Waals surface area contributed by atoms with Crippen LogP contribution < -0.4 is 4.90 Å². The molecule has 3 nitrogen and oxygen atoms in total. The molecule has 1 spiro atoms. The second-order valence-corrected chi connectivity index (χ2v) is 9.18. The van der Waals surface area contributed by atoms with E-state index in [2.05, 4.69) is 30.0 Å². The van der Waals surface area contributed by atoms with Crippen LogP contribution >= 0.6 is 0 Å². The molecule has 2 saturated carbocycles. The van der Waals surface area contributed by atoms with Crippen LogP contribution in [0.2, 0.25) is 0 Å². The Morgan fingerprint density at radius 2 is 1.96 bits per heavy atom. The van der Waals surface area contributed by atoms with Crippen LogP contribution in [-0.4, -0.2) is 36.5 Å². The largest absolute Gasteiger partial charge is 0.311 e. The number of fused-ring (bicyclic) bond motifs is 4. The molecule has 4 aliphatic rings. The van der Waals surface area contributed by atoms with Crippen LogP contribution in [0.3, 0.4) is 0 Å². The molecule has 0 radical (unpaired) electrons. The smallest absolute Gasteiger partial charge is 0.223 e. The number of benzene rings is 1. The molecule has 3 unspecified atom stereocenters. The fraction of sp³-hybridized carbons (Fsp3) is 0.682. The van der Waals surface area contributed by atoms with Gasteiger partial charge in [-0.2, -0.15) is 0 Å². The molecule has 3 fully saturated rings. The molecule has 3 atom stereocenters. The summed E-state index contributed by atoms with van der Waals surface area (Å²) >= 11 is 0. The molecule has 1 aromatic rings. The van der Waals surface area contributed by atoms with E-state index in [0.29, 0.717) is 0 Å². The van der Waals surface area contributed by atoms with Gasteiger partial charge in [0.15, 0.2) is 0 Å². The van der Waals surface area contributed by atoms with Crippen molar-refractivity contribution < 1.29 is 4.79 Å². The predicted molar refractivity (Wildman–Crippen MR) is 101 cm³/mol. The van der Waals surface area contributed by atoms with Crippen molar-refractivity contribution in [1.29, 1.82) is 0 Å². The first-order valence-electron chi connectivity index (χ1n) is 10.2. The molecule has 3 heteroatoms. The number of anilines is 1. The van der Waals surface area contributed by atoms with Gasteiger partial charge < -0.3 is 9.80 Å². The molecular weight excluding hydrogens is 308 g/mol. The Kier molecular flexibility index (Phi) is 3.54. The third-order valence-electron chi connectivity index (χ3n) is 7.78. The first kappa shape index (κ1) is 15.9. The van der Waals surface area contributed by atoms with Crippen LogP contribution in [0.5, 0.6) is 0 Å². The molecule has 0 aromatic heterocycles.